The molecule has 2 rings (SSSR count). The van der Waals surface area contributed by atoms with Crippen LogP contribution in [-0.4, -0.2) is 42.3 Å². The van der Waals surface area contributed by atoms with Crippen LogP contribution in [0.2, 0.25) is 0 Å². The SMILES string of the molecule is Cc1ccc(C(N)=NO)c(N(C)C2CCOCC2)n1. The second-order valence-corrected chi connectivity index (χ2v) is 4.76. The first-order chi connectivity index (χ1) is 9.13. The van der Waals surface area contributed by atoms with Gasteiger partial charge in [-0.15, -0.1) is 0 Å². The largest absolute Gasteiger partial charge is 0.409 e. The highest BCUT2D eigenvalue weighted by atomic mass is 16.5. The van der Waals surface area contributed by atoms with E-state index in [1.807, 2.05) is 26.1 Å². The molecule has 0 saturated carbocycles. The van der Waals surface area contributed by atoms with E-state index >= 15 is 0 Å². The van der Waals surface area contributed by atoms with Crippen LogP contribution in [0.3, 0.4) is 0 Å². The maximum absolute atomic E-state index is 8.87. The molecule has 0 aromatic carbocycles. The van der Waals surface area contributed by atoms with Gasteiger partial charge < -0.3 is 20.6 Å². The fourth-order valence-electron chi connectivity index (χ4n) is 2.31. The molecule has 1 saturated heterocycles. The van der Waals surface area contributed by atoms with Crippen LogP contribution in [0.4, 0.5) is 5.82 Å². The van der Waals surface area contributed by atoms with Crippen molar-refractivity contribution in [3.05, 3.63) is 23.4 Å². The van der Waals surface area contributed by atoms with E-state index in [-0.39, 0.29) is 5.84 Å². The van der Waals surface area contributed by atoms with Crippen molar-refractivity contribution in [2.45, 2.75) is 25.8 Å². The molecule has 1 aliphatic rings. The van der Waals surface area contributed by atoms with E-state index in [9.17, 15) is 0 Å². The Morgan fingerprint density at radius 1 is 1.47 bits per heavy atom. The van der Waals surface area contributed by atoms with Crippen molar-refractivity contribution >= 4 is 11.7 Å². The number of anilines is 1. The third kappa shape index (κ3) is 2.96. The molecule has 104 valence electrons. The standard InChI is InChI=1S/C13H20N4O2/c1-9-3-4-11(12(14)16-18)13(15-9)17(2)10-5-7-19-8-6-10/h3-4,10,18H,5-8H2,1-2H3,(H2,14,16). The zero-order valence-electron chi connectivity index (χ0n) is 11.3. The number of nitrogens with two attached hydrogens (primary N) is 1. The van der Waals surface area contributed by atoms with Crippen molar-refractivity contribution in [1.82, 2.24) is 4.98 Å². The third-order valence-corrected chi connectivity index (χ3v) is 3.47. The highest BCUT2D eigenvalue weighted by molar-refractivity contribution is 6.01. The second kappa shape index (κ2) is 5.88. The lowest BCUT2D eigenvalue weighted by molar-refractivity contribution is 0.0853. The van der Waals surface area contributed by atoms with Gasteiger partial charge >= 0.3 is 0 Å². The van der Waals surface area contributed by atoms with Crippen LogP contribution < -0.4 is 10.6 Å². The quantitative estimate of drug-likeness (QED) is 0.369. The van der Waals surface area contributed by atoms with E-state index in [0.29, 0.717) is 11.6 Å². The van der Waals surface area contributed by atoms with Crippen LogP contribution in [0, 0.1) is 6.92 Å². The van der Waals surface area contributed by atoms with Crippen LogP contribution in [0.15, 0.2) is 17.3 Å². The summed E-state index contributed by atoms with van der Waals surface area (Å²) in [4.78, 5) is 6.63. The van der Waals surface area contributed by atoms with Gasteiger partial charge in [0.05, 0.1) is 5.56 Å². The number of oxime groups is 1. The number of aryl methyl sites for hydroxylation is 1. The number of amidine groups is 1. The van der Waals surface area contributed by atoms with Crippen molar-refractivity contribution in [3.63, 3.8) is 0 Å². The van der Waals surface area contributed by atoms with Crippen LogP contribution >= 0.6 is 0 Å². The smallest absolute Gasteiger partial charge is 0.173 e. The number of nitrogens with zero attached hydrogens (tertiary/aromatic N) is 3. The first kappa shape index (κ1) is 13.6. The Kier molecular flexibility index (Phi) is 4.21. The number of ether oxygens (including phenoxy) is 1. The molecule has 6 nitrogen and oxygen atoms in total. The lowest BCUT2D eigenvalue weighted by atomic mass is 10.1. The molecular weight excluding hydrogens is 244 g/mol. The van der Waals surface area contributed by atoms with E-state index in [1.165, 1.54) is 0 Å². The van der Waals surface area contributed by atoms with E-state index in [2.05, 4.69) is 15.0 Å². The van der Waals surface area contributed by atoms with Gasteiger partial charge in [0.15, 0.2) is 5.84 Å². The summed E-state index contributed by atoms with van der Waals surface area (Å²) in [6, 6.07) is 4.06. The van der Waals surface area contributed by atoms with Crippen LogP contribution in [-0.2, 0) is 4.74 Å². The number of hydrogen-bond donors (Lipinski definition) is 2. The van der Waals surface area contributed by atoms with Crippen molar-refractivity contribution < 1.29 is 9.94 Å². The Labute approximate surface area is 112 Å². The summed E-state index contributed by atoms with van der Waals surface area (Å²) in [7, 11) is 1.99. The number of pyridine rings is 1. The topological polar surface area (TPSA) is 84.0 Å². The van der Waals surface area contributed by atoms with Crippen molar-refractivity contribution in [2.75, 3.05) is 25.2 Å². The Morgan fingerprint density at radius 2 is 2.16 bits per heavy atom. The summed E-state index contributed by atoms with van der Waals surface area (Å²) in [5, 5.41) is 12.0. The lowest BCUT2D eigenvalue weighted by Crippen LogP contribution is -2.38. The minimum atomic E-state index is 0.0846. The average Bonchev–Trinajstić information content (AvgIpc) is 2.46. The minimum Gasteiger partial charge on any atom is -0.409 e. The van der Waals surface area contributed by atoms with Gasteiger partial charge in [-0.25, -0.2) is 4.98 Å². The molecule has 0 amide bonds. The Bertz CT molecular complexity index is 470. The monoisotopic (exact) mass is 264 g/mol. The molecule has 0 unspecified atom stereocenters. The van der Waals surface area contributed by atoms with Gasteiger partial charge in [-0.05, 0) is 31.9 Å². The summed E-state index contributed by atoms with van der Waals surface area (Å²) in [5.74, 6) is 0.837. The molecule has 1 aliphatic heterocycles. The van der Waals surface area contributed by atoms with E-state index in [4.69, 9.17) is 15.7 Å². The summed E-state index contributed by atoms with van der Waals surface area (Å²) in [6.45, 7) is 3.46. The Morgan fingerprint density at radius 3 is 2.79 bits per heavy atom. The normalized spacial score (nSPS) is 17.5. The molecule has 0 radical (unpaired) electrons. The predicted octanol–water partition coefficient (Wildman–Crippen LogP) is 1.10. The molecular formula is C13H20N4O2. The molecule has 0 bridgehead atoms. The maximum atomic E-state index is 8.87. The minimum absolute atomic E-state index is 0.0846. The van der Waals surface area contributed by atoms with Crippen molar-refractivity contribution in [1.29, 1.82) is 0 Å². The zero-order valence-corrected chi connectivity index (χ0v) is 11.3. The summed E-state index contributed by atoms with van der Waals surface area (Å²) in [5.41, 5.74) is 7.28. The molecule has 0 aliphatic carbocycles. The molecule has 1 aromatic heterocycles. The van der Waals surface area contributed by atoms with Crippen LogP contribution in [0.25, 0.3) is 0 Å². The van der Waals surface area contributed by atoms with E-state index in [1.54, 1.807) is 0 Å². The fourth-order valence-corrected chi connectivity index (χ4v) is 2.31. The van der Waals surface area contributed by atoms with Gasteiger partial charge in [0.1, 0.15) is 5.82 Å². The average molecular weight is 264 g/mol. The molecule has 1 fully saturated rings. The predicted molar refractivity (Wildman–Crippen MR) is 73.7 cm³/mol. The zero-order chi connectivity index (χ0) is 13.8. The number of hydrogen-bond acceptors (Lipinski definition) is 5. The highest BCUT2D eigenvalue weighted by Crippen LogP contribution is 2.23. The molecule has 0 atom stereocenters. The van der Waals surface area contributed by atoms with Gasteiger partial charge in [0, 0.05) is 32.0 Å². The molecule has 6 heteroatoms. The molecule has 1 aromatic rings. The van der Waals surface area contributed by atoms with Crippen LogP contribution in [0.5, 0.6) is 0 Å². The number of rotatable bonds is 3. The second-order valence-electron chi connectivity index (χ2n) is 4.76. The van der Waals surface area contributed by atoms with Gasteiger partial charge in [0.25, 0.3) is 0 Å². The molecule has 2 heterocycles. The van der Waals surface area contributed by atoms with Gasteiger partial charge in [-0.2, -0.15) is 0 Å². The van der Waals surface area contributed by atoms with Crippen molar-refractivity contribution in [3.8, 4) is 0 Å². The summed E-state index contributed by atoms with van der Waals surface area (Å²) in [6.07, 6.45) is 1.92. The molecule has 3 N–H and O–H groups in total. The first-order valence-corrected chi connectivity index (χ1v) is 6.39. The first-order valence-electron chi connectivity index (χ1n) is 6.39. The van der Waals surface area contributed by atoms with E-state index in [0.717, 1.165) is 37.6 Å². The lowest BCUT2D eigenvalue weighted by Gasteiger charge is -2.33. The number of aromatic nitrogens is 1. The van der Waals surface area contributed by atoms with Crippen LogP contribution in [0.1, 0.15) is 24.1 Å². The van der Waals surface area contributed by atoms with Gasteiger partial charge in [-0.3, -0.25) is 0 Å². The maximum Gasteiger partial charge on any atom is 0.173 e. The Balaban J connectivity index is 2.33. The fraction of sp³-hybridized carbons (Fsp3) is 0.538. The summed E-state index contributed by atoms with van der Waals surface area (Å²) >= 11 is 0. The summed E-state index contributed by atoms with van der Waals surface area (Å²) < 4.78 is 5.37. The van der Waals surface area contributed by atoms with Gasteiger partial charge in [-0.1, -0.05) is 5.16 Å². The molecule has 19 heavy (non-hydrogen) atoms. The molecule has 0 spiro atoms. The van der Waals surface area contributed by atoms with E-state index < -0.39 is 0 Å². The highest BCUT2D eigenvalue weighted by Gasteiger charge is 2.22. The van der Waals surface area contributed by atoms with Gasteiger partial charge in [0.2, 0.25) is 0 Å². The van der Waals surface area contributed by atoms with Crippen molar-refractivity contribution in [2.24, 2.45) is 10.9 Å². The third-order valence-electron chi connectivity index (χ3n) is 3.47. The Hall–Kier alpha value is -1.82.